The number of esters is 1. The molecular formula is C62H114N2O7P+. The molecule has 0 aromatic carbocycles. The van der Waals surface area contributed by atoms with Gasteiger partial charge in [-0.1, -0.05) is 216 Å². The lowest BCUT2D eigenvalue weighted by atomic mass is 10.0. The highest BCUT2D eigenvalue weighted by Crippen LogP contribution is 2.43. The highest BCUT2D eigenvalue weighted by molar-refractivity contribution is 7.47. The van der Waals surface area contributed by atoms with Crippen LogP contribution in [0.4, 0.5) is 0 Å². The number of nitrogens with zero attached hydrogens (tertiary/aromatic N) is 1. The summed E-state index contributed by atoms with van der Waals surface area (Å²) in [6.45, 7) is 6.93. The van der Waals surface area contributed by atoms with Gasteiger partial charge in [-0.05, 0) is 102 Å². The van der Waals surface area contributed by atoms with Crippen LogP contribution in [-0.2, 0) is 27.9 Å². The van der Waals surface area contributed by atoms with Gasteiger partial charge in [0, 0.05) is 12.8 Å². The van der Waals surface area contributed by atoms with Gasteiger partial charge in [-0.25, -0.2) is 4.57 Å². The second-order valence-electron chi connectivity index (χ2n) is 21.2. The van der Waals surface area contributed by atoms with Crippen LogP contribution in [0.3, 0.4) is 0 Å². The normalized spacial score (nSPS) is 14.3. The number of hydrogen-bond acceptors (Lipinski definition) is 6. The van der Waals surface area contributed by atoms with Gasteiger partial charge in [-0.3, -0.25) is 18.6 Å². The molecule has 0 aromatic heterocycles. The molecule has 0 aromatic rings. The van der Waals surface area contributed by atoms with Crippen LogP contribution in [0.5, 0.6) is 0 Å². The first-order valence-corrected chi connectivity index (χ1v) is 31.3. The monoisotopic (exact) mass is 1030 g/mol. The molecule has 0 fully saturated rings. The van der Waals surface area contributed by atoms with E-state index in [0.29, 0.717) is 17.4 Å². The number of carbonyl (C=O) groups is 2. The summed E-state index contributed by atoms with van der Waals surface area (Å²) in [5.74, 6) is -0.539. The predicted octanol–water partition coefficient (Wildman–Crippen LogP) is 18.1. The third kappa shape index (κ3) is 52.3. The Morgan fingerprint density at radius 2 is 0.847 bits per heavy atom. The fraction of sp³-hybridized carbons (Fsp3) is 0.774. The first kappa shape index (κ1) is 69.5. The minimum atomic E-state index is -4.46. The van der Waals surface area contributed by atoms with Crippen LogP contribution >= 0.6 is 7.82 Å². The topological polar surface area (TPSA) is 111 Å². The lowest BCUT2D eigenvalue weighted by molar-refractivity contribution is -0.870. The van der Waals surface area contributed by atoms with Crippen molar-refractivity contribution in [3.05, 3.63) is 72.9 Å². The molecule has 0 aliphatic rings. The summed E-state index contributed by atoms with van der Waals surface area (Å²) in [6, 6.07) is -0.865. The predicted molar refractivity (Wildman–Crippen MR) is 309 cm³/mol. The van der Waals surface area contributed by atoms with Crippen LogP contribution in [0.2, 0.25) is 0 Å². The second-order valence-corrected chi connectivity index (χ2v) is 22.6. The van der Waals surface area contributed by atoms with Crippen molar-refractivity contribution in [1.29, 1.82) is 0 Å². The van der Waals surface area contributed by atoms with Crippen molar-refractivity contribution in [2.45, 2.75) is 270 Å². The molecule has 0 spiro atoms. The van der Waals surface area contributed by atoms with E-state index in [0.717, 1.165) is 103 Å². The molecule has 10 heteroatoms. The summed E-state index contributed by atoms with van der Waals surface area (Å²) < 4.78 is 30.6. The number of quaternary nitrogens is 1. The smallest absolute Gasteiger partial charge is 0.456 e. The van der Waals surface area contributed by atoms with Gasteiger partial charge in [0.05, 0.1) is 33.8 Å². The van der Waals surface area contributed by atoms with Gasteiger partial charge in [0.15, 0.2) is 0 Å². The van der Waals surface area contributed by atoms with E-state index in [1.54, 1.807) is 0 Å². The number of ether oxygens (including phenoxy) is 1. The molecule has 0 saturated carbocycles. The van der Waals surface area contributed by atoms with Crippen molar-refractivity contribution in [2.75, 3.05) is 40.9 Å². The van der Waals surface area contributed by atoms with E-state index in [1.807, 2.05) is 33.3 Å². The molecular weight excluding hydrogens is 916 g/mol. The van der Waals surface area contributed by atoms with Crippen LogP contribution in [0.25, 0.3) is 0 Å². The molecule has 0 aliphatic heterocycles. The Hall–Kier alpha value is -2.55. The van der Waals surface area contributed by atoms with E-state index in [1.165, 1.54) is 122 Å². The Balaban J connectivity index is 5.37. The number of unbranched alkanes of at least 4 members (excludes halogenated alkanes) is 27. The average Bonchev–Trinajstić information content (AvgIpc) is 3.34. The molecule has 3 atom stereocenters. The Bertz CT molecular complexity index is 1460. The number of carbonyl (C=O) groups excluding carboxylic acids is 2. The largest absolute Gasteiger partial charge is 0.472 e. The van der Waals surface area contributed by atoms with E-state index in [4.69, 9.17) is 13.8 Å². The van der Waals surface area contributed by atoms with Gasteiger partial charge in [-0.2, -0.15) is 0 Å². The number of hydrogen-bond donors (Lipinski definition) is 2. The van der Waals surface area contributed by atoms with Gasteiger partial charge < -0.3 is 19.4 Å². The van der Waals surface area contributed by atoms with Gasteiger partial charge in [0.2, 0.25) is 5.91 Å². The molecule has 0 heterocycles. The lowest BCUT2D eigenvalue weighted by Crippen LogP contribution is -2.47. The molecule has 72 heavy (non-hydrogen) atoms. The molecule has 418 valence electrons. The van der Waals surface area contributed by atoms with Crippen LogP contribution in [-0.4, -0.2) is 74.3 Å². The van der Waals surface area contributed by atoms with E-state index >= 15 is 0 Å². The maximum atomic E-state index is 13.5. The van der Waals surface area contributed by atoms with Crippen LogP contribution in [0.1, 0.15) is 258 Å². The van der Waals surface area contributed by atoms with Gasteiger partial charge >= 0.3 is 13.8 Å². The van der Waals surface area contributed by atoms with Crippen LogP contribution < -0.4 is 5.32 Å². The van der Waals surface area contributed by atoms with E-state index in [-0.39, 0.29) is 31.5 Å². The summed E-state index contributed by atoms with van der Waals surface area (Å²) in [5, 5.41) is 3.04. The molecule has 0 radical (unpaired) electrons. The number of allylic oxidation sites excluding steroid dienone is 11. The van der Waals surface area contributed by atoms with E-state index in [2.05, 4.69) is 86.8 Å². The molecule has 2 N–H and O–H groups in total. The number of phosphoric acid groups is 1. The first-order valence-electron chi connectivity index (χ1n) is 29.8. The Morgan fingerprint density at radius 1 is 0.486 bits per heavy atom. The molecule has 0 aliphatic carbocycles. The first-order chi connectivity index (χ1) is 34.9. The Kier molecular flexibility index (Phi) is 50.1. The summed E-state index contributed by atoms with van der Waals surface area (Å²) in [7, 11) is 1.47. The van der Waals surface area contributed by atoms with Crippen molar-refractivity contribution in [3.8, 4) is 0 Å². The zero-order valence-corrected chi connectivity index (χ0v) is 48.6. The average molecular weight is 1030 g/mol. The van der Waals surface area contributed by atoms with Crippen molar-refractivity contribution in [2.24, 2.45) is 0 Å². The fourth-order valence-electron chi connectivity index (χ4n) is 8.21. The van der Waals surface area contributed by atoms with Crippen molar-refractivity contribution in [1.82, 2.24) is 5.32 Å². The van der Waals surface area contributed by atoms with E-state index < -0.39 is 20.0 Å². The fourth-order valence-corrected chi connectivity index (χ4v) is 8.95. The molecule has 3 unspecified atom stereocenters. The molecule has 0 saturated heterocycles. The maximum absolute atomic E-state index is 13.5. The lowest BCUT2D eigenvalue weighted by Gasteiger charge is -2.27. The van der Waals surface area contributed by atoms with Crippen LogP contribution in [0.15, 0.2) is 72.9 Å². The molecule has 1 amide bonds. The van der Waals surface area contributed by atoms with Crippen molar-refractivity contribution >= 4 is 19.7 Å². The van der Waals surface area contributed by atoms with E-state index in [9.17, 15) is 19.0 Å². The molecule has 9 nitrogen and oxygen atoms in total. The maximum Gasteiger partial charge on any atom is 0.472 e. The quantitative estimate of drug-likeness (QED) is 0.0205. The minimum Gasteiger partial charge on any atom is -0.456 e. The number of rotatable bonds is 53. The van der Waals surface area contributed by atoms with Gasteiger partial charge in [-0.15, -0.1) is 0 Å². The SMILES string of the molecule is CCCCC/C=C\C/C=C\C/C=C\CCCCCCC(=O)NC(COP(=O)(O)OCC[N+](C)(C)C)C(/C=C/CCCCCCCCCCCC)OC(=O)CCCCCCCCC/C=C\C/C=C\CCCCC. The third-order valence-corrected chi connectivity index (χ3v) is 13.9. The second kappa shape index (κ2) is 51.9. The summed E-state index contributed by atoms with van der Waals surface area (Å²) in [6.07, 6.45) is 66.0. The summed E-state index contributed by atoms with van der Waals surface area (Å²) in [5.41, 5.74) is 0. The summed E-state index contributed by atoms with van der Waals surface area (Å²) in [4.78, 5) is 37.6. The molecule has 0 bridgehead atoms. The van der Waals surface area contributed by atoms with Crippen molar-refractivity contribution in [3.63, 3.8) is 0 Å². The highest BCUT2D eigenvalue weighted by Gasteiger charge is 2.30. The summed E-state index contributed by atoms with van der Waals surface area (Å²) >= 11 is 0. The zero-order valence-electron chi connectivity index (χ0n) is 47.7. The standard InChI is InChI=1S/C62H113N2O7P/c1-7-10-13-16-19-22-25-28-30-32-34-36-39-42-45-48-51-54-61(65)63-59(58-70-72(67,68)69-57-56-64(4,5)6)60(53-50-47-44-41-38-27-24-21-18-15-12-9-3)71-62(66)55-52-49-46-43-40-37-35-33-31-29-26-23-20-17-14-11-8-2/h19-20,22-23,28-31,34,36,50,53,59-60H,7-18,21,24-27,32-33,35,37-49,51-52,54-58H2,1-6H3,(H-,63,65,67,68)/p+1/b22-19-,23-20-,30-28-,31-29-,36-34-,53-50+. The zero-order chi connectivity index (χ0) is 52.9. The minimum absolute atomic E-state index is 0.0319. The van der Waals surface area contributed by atoms with Crippen LogP contribution in [0, 0.1) is 0 Å². The number of amides is 1. The number of nitrogens with one attached hydrogen (secondary N) is 1. The Labute approximate surface area is 444 Å². The van der Waals surface area contributed by atoms with Gasteiger partial charge in [0.1, 0.15) is 19.3 Å². The number of likely N-dealkylation sites (N-methyl/N-ethyl adjacent to an activating group) is 1. The Morgan fingerprint density at radius 3 is 1.29 bits per heavy atom. The van der Waals surface area contributed by atoms with Crippen molar-refractivity contribution < 1.29 is 37.3 Å². The number of phosphoric ester groups is 1. The highest BCUT2D eigenvalue weighted by atomic mass is 31.2. The third-order valence-electron chi connectivity index (χ3n) is 12.9. The van der Waals surface area contributed by atoms with Gasteiger partial charge in [0.25, 0.3) is 0 Å². The molecule has 0 rings (SSSR count).